The van der Waals surface area contributed by atoms with Crippen LogP contribution in [0.1, 0.15) is 31.5 Å². The number of hydrogen-bond donors (Lipinski definition) is 1. The minimum absolute atomic E-state index is 0.0410. The number of carboxylic acid groups (broad SMARTS) is 1. The lowest BCUT2D eigenvalue weighted by atomic mass is 10.3. The Labute approximate surface area is 121 Å². The Kier molecular flexibility index (Phi) is 3.24. The summed E-state index contributed by atoms with van der Waals surface area (Å²) in [5.41, 5.74) is 2.80. The van der Waals surface area contributed by atoms with Crippen LogP contribution in [0.2, 0.25) is 0 Å². The van der Waals surface area contributed by atoms with E-state index in [1.807, 2.05) is 18.7 Å². The molecule has 6 nitrogen and oxygen atoms in total. The topological polar surface area (TPSA) is 72.9 Å². The van der Waals surface area contributed by atoms with Gasteiger partial charge in [-0.1, -0.05) is 25.1 Å². The first kappa shape index (κ1) is 13.5. The standard InChI is InChI=1S/C13H18N4O2S/c1-4-8-5-9(8)17-12-11(7(2)15-16(12)3)14-13(17)20-6-10(18)19/h8-9H,4-6H2,1-3H3,(H,18,19). The first-order chi connectivity index (χ1) is 9.52. The Hall–Kier alpha value is -1.50. The molecule has 3 rings (SSSR count). The number of aliphatic carboxylic acids is 1. The Bertz CT molecular complexity index is 676. The molecule has 0 saturated heterocycles. The normalized spacial score (nSPS) is 21.6. The van der Waals surface area contributed by atoms with Gasteiger partial charge in [0.15, 0.2) is 10.8 Å². The van der Waals surface area contributed by atoms with Gasteiger partial charge in [0.05, 0.1) is 11.4 Å². The minimum Gasteiger partial charge on any atom is -0.481 e. The maximum absolute atomic E-state index is 10.8. The Morgan fingerprint density at radius 1 is 1.55 bits per heavy atom. The van der Waals surface area contributed by atoms with Crippen LogP contribution in [0.3, 0.4) is 0 Å². The van der Waals surface area contributed by atoms with Crippen LogP contribution < -0.4 is 0 Å². The minimum atomic E-state index is -0.814. The fourth-order valence-electron chi connectivity index (χ4n) is 2.79. The fraction of sp³-hybridized carbons (Fsp3) is 0.615. The molecule has 108 valence electrons. The predicted molar refractivity (Wildman–Crippen MR) is 77.0 cm³/mol. The van der Waals surface area contributed by atoms with Gasteiger partial charge in [0.2, 0.25) is 0 Å². The van der Waals surface area contributed by atoms with E-state index in [2.05, 4.69) is 21.6 Å². The Balaban J connectivity index is 2.06. The molecule has 1 aliphatic carbocycles. The van der Waals surface area contributed by atoms with E-state index in [9.17, 15) is 4.79 Å². The number of hydrogen-bond acceptors (Lipinski definition) is 4. The van der Waals surface area contributed by atoms with E-state index in [1.165, 1.54) is 11.8 Å². The number of rotatable bonds is 5. The smallest absolute Gasteiger partial charge is 0.313 e. The number of nitrogens with zero attached hydrogens (tertiary/aromatic N) is 4. The van der Waals surface area contributed by atoms with Gasteiger partial charge in [-0.15, -0.1) is 0 Å². The van der Waals surface area contributed by atoms with Gasteiger partial charge >= 0.3 is 5.97 Å². The van der Waals surface area contributed by atoms with Gasteiger partial charge in [0.25, 0.3) is 0 Å². The predicted octanol–water partition coefficient (Wildman–Crippen LogP) is 2.23. The van der Waals surface area contributed by atoms with Gasteiger partial charge in [-0.3, -0.25) is 9.48 Å². The molecule has 2 atom stereocenters. The molecule has 0 radical (unpaired) electrons. The van der Waals surface area contributed by atoms with Crippen molar-refractivity contribution < 1.29 is 9.90 Å². The molecular formula is C13H18N4O2S. The summed E-state index contributed by atoms with van der Waals surface area (Å²) in [4.78, 5) is 15.4. The molecule has 2 heterocycles. The molecule has 0 aliphatic heterocycles. The fourth-order valence-corrected chi connectivity index (χ4v) is 3.56. The highest BCUT2D eigenvalue weighted by atomic mass is 32.2. The molecular weight excluding hydrogens is 276 g/mol. The first-order valence-electron chi connectivity index (χ1n) is 6.79. The largest absolute Gasteiger partial charge is 0.481 e. The van der Waals surface area contributed by atoms with Crippen molar-refractivity contribution in [3.63, 3.8) is 0 Å². The van der Waals surface area contributed by atoms with Crippen LogP contribution in [-0.2, 0) is 11.8 Å². The average Bonchev–Trinajstić information content (AvgIpc) is 2.99. The second kappa shape index (κ2) is 4.80. The number of aromatic nitrogens is 4. The van der Waals surface area contributed by atoms with Crippen LogP contribution in [0.15, 0.2) is 5.16 Å². The molecule has 0 bridgehead atoms. The number of fused-ring (bicyclic) bond motifs is 1. The van der Waals surface area contributed by atoms with Crippen molar-refractivity contribution in [3.8, 4) is 0 Å². The third-order valence-corrected chi connectivity index (χ3v) is 4.81. The van der Waals surface area contributed by atoms with E-state index >= 15 is 0 Å². The molecule has 20 heavy (non-hydrogen) atoms. The third kappa shape index (κ3) is 2.09. The molecule has 0 spiro atoms. The second-order valence-electron chi connectivity index (χ2n) is 5.30. The van der Waals surface area contributed by atoms with Crippen LogP contribution in [0.4, 0.5) is 0 Å². The SMILES string of the molecule is CCC1CC1n1c(SCC(=O)O)nc2c(C)nn(C)c21. The van der Waals surface area contributed by atoms with Crippen molar-refractivity contribution in [3.05, 3.63) is 5.69 Å². The third-order valence-electron chi connectivity index (χ3n) is 3.87. The van der Waals surface area contributed by atoms with Crippen molar-refractivity contribution in [2.24, 2.45) is 13.0 Å². The monoisotopic (exact) mass is 294 g/mol. The summed E-state index contributed by atoms with van der Waals surface area (Å²) >= 11 is 1.29. The number of carboxylic acids is 1. The van der Waals surface area contributed by atoms with Crippen LogP contribution in [-0.4, -0.2) is 36.2 Å². The lowest BCUT2D eigenvalue weighted by molar-refractivity contribution is -0.133. The maximum atomic E-state index is 10.8. The molecule has 1 saturated carbocycles. The number of thioether (sulfide) groups is 1. The zero-order chi connectivity index (χ0) is 14.4. The van der Waals surface area contributed by atoms with E-state index in [1.54, 1.807) is 0 Å². The highest BCUT2D eigenvalue weighted by Crippen LogP contribution is 2.48. The average molecular weight is 294 g/mol. The van der Waals surface area contributed by atoms with Gasteiger partial charge in [-0.25, -0.2) is 4.98 Å². The van der Waals surface area contributed by atoms with E-state index < -0.39 is 5.97 Å². The molecule has 0 aromatic carbocycles. The zero-order valence-electron chi connectivity index (χ0n) is 11.8. The van der Waals surface area contributed by atoms with E-state index in [0.29, 0.717) is 12.0 Å². The van der Waals surface area contributed by atoms with Crippen LogP contribution in [0, 0.1) is 12.8 Å². The van der Waals surface area contributed by atoms with E-state index in [-0.39, 0.29) is 5.75 Å². The lowest BCUT2D eigenvalue weighted by Gasteiger charge is -2.08. The lowest BCUT2D eigenvalue weighted by Crippen LogP contribution is -2.06. The first-order valence-corrected chi connectivity index (χ1v) is 7.77. The number of carbonyl (C=O) groups is 1. The molecule has 2 unspecified atom stereocenters. The Morgan fingerprint density at radius 3 is 2.90 bits per heavy atom. The second-order valence-corrected chi connectivity index (χ2v) is 6.24. The molecule has 2 aromatic rings. The van der Waals surface area contributed by atoms with Crippen LogP contribution in [0.25, 0.3) is 11.2 Å². The summed E-state index contributed by atoms with van der Waals surface area (Å²) in [5, 5.41) is 14.1. The molecule has 1 fully saturated rings. The summed E-state index contributed by atoms with van der Waals surface area (Å²) in [7, 11) is 1.92. The summed E-state index contributed by atoms with van der Waals surface area (Å²) in [6, 6.07) is 0.441. The van der Waals surface area contributed by atoms with E-state index in [4.69, 9.17) is 5.11 Å². The van der Waals surface area contributed by atoms with Crippen LogP contribution >= 0.6 is 11.8 Å². The molecule has 1 aliphatic rings. The Morgan fingerprint density at radius 2 is 2.30 bits per heavy atom. The van der Waals surface area contributed by atoms with Gasteiger partial charge < -0.3 is 9.67 Å². The van der Waals surface area contributed by atoms with Crippen LogP contribution in [0.5, 0.6) is 0 Å². The maximum Gasteiger partial charge on any atom is 0.313 e. The molecule has 0 amide bonds. The summed E-state index contributed by atoms with van der Waals surface area (Å²) < 4.78 is 4.05. The highest BCUT2D eigenvalue weighted by molar-refractivity contribution is 7.99. The summed E-state index contributed by atoms with van der Waals surface area (Å²) in [5.74, 6) is -0.0997. The van der Waals surface area contributed by atoms with Crippen molar-refractivity contribution in [2.75, 3.05) is 5.75 Å². The van der Waals surface area contributed by atoms with Gasteiger partial charge in [-0.05, 0) is 19.3 Å². The number of imidazole rings is 1. The molecule has 2 aromatic heterocycles. The number of aryl methyl sites for hydroxylation is 2. The van der Waals surface area contributed by atoms with E-state index in [0.717, 1.165) is 34.9 Å². The van der Waals surface area contributed by atoms with Gasteiger partial charge in [0, 0.05) is 13.1 Å². The highest BCUT2D eigenvalue weighted by Gasteiger charge is 2.40. The molecule has 7 heteroatoms. The quantitative estimate of drug-likeness (QED) is 0.856. The van der Waals surface area contributed by atoms with Crippen molar-refractivity contribution in [2.45, 2.75) is 37.9 Å². The summed E-state index contributed by atoms with van der Waals surface area (Å²) in [6.45, 7) is 4.13. The van der Waals surface area contributed by atoms with Crippen molar-refractivity contribution in [1.82, 2.24) is 19.3 Å². The molecule has 1 N–H and O–H groups in total. The van der Waals surface area contributed by atoms with Gasteiger partial charge in [-0.2, -0.15) is 5.10 Å². The van der Waals surface area contributed by atoms with Gasteiger partial charge in [0.1, 0.15) is 5.52 Å². The zero-order valence-corrected chi connectivity index (χ0v) is 12.6. The summed E-state index contributed by atoms with van der Waals surface area (Å²) in [6.07, 6.45) is 2.29. The van der Waals surface area contributed by atoms with Crippen molar-refractivity contribution >= 4 is 28.9 Å². The van der Waals surface area contributed by atoms with Crippen molar-refractivity contribution in [1.29, 1.82) is 0 Å².